The van der Waals surface area contributed by atoms with Crippen molar-refractivity contribution in [3.8, 4) is 0 Å². The van der Waals surface area contributed by atoms with Gasteiger partial charge in [-0.3, -0.25) is 0 Å². The van der Waals surface area contributed by atoms with E-state index in [0.717, 1.165) is 9.13 Å². The summed E-state index contributed by atoms with van der Waals surface area (Å²) in [6.45, 7) is -0.444. The first-order valence-electron chi connectivity index (χ1n) is 7.98. The van der Waals surface area contributed by atoms with E-state index >= 15 is 0 Å². The number of halogens is 4. The predicted octanol–water partition coefficient (Wildman–Crippen LogP) is 2.60. The van der Waals surface area contributed by atoms with Gasteiger partial charge in [-0.1, -0.05) is 0 Å². The molecule has 4 atom stereocenters. The third kappa shape index (κ3) is 4.71. The molecule has 0 saturated carbocycles. The van der Waals surface area contributed by atoms with Gasteiger partial charge in [-0.25, -0.2) is 0 Å². The molecule has 10 heteroatoms. The molecule has 0 spiro atoms. The van der Waals surface area contributed by atoms with Crippen LogP contribution in [-0.4, -0.2) is 54.4 Å². The van der Waals surface area contributed by atoms with Gasteiger partial charge in [-0.05, 0) is 0 Å². The molecule has 0 aromatic heterocycles. The van der Waals surface area contributed by atoms with E-state index in [0.29, 0.717) is 10.8 Å². The quantitative estimate of drug-likeness (QED) is 0.246. The fraction of sp³-hybridized carbons (Fsp3) is 0.412. The third-order valence-electron chi connectivity index (χ3n) is 4.19. The van der Waals surface area contributed by atoms with E-state index in [2.05, 4.69) is 0 Å². The molecule has 2 aliphatic rings. The molecular weight excluding hydrogens is 700 g/mol. The van der Waals surface area contributed by atoms with E-state index in [1.165, 1.54) is 18.2 Å². The van der Waals surface area contributed by atoms with Gasteiger partial charge in [0.1, 0.15) is 0 Å². The molecule has 0 amide bonds. The number of allylic oxidation sites excluding steroid dienone is 1. The van der Waals surface area contributed by atoms with E-state index in [9.17, 15) is 29.3 Å². The molecule has 1 fully saturated rings. The number of carbonyl (C=O) groups is 2. The fourth-order valence-corrected chi connectivity index (χ4v) is 20.6. The minimum absolute atomic E-state index is 0.0668. The van der Waals surface area contributed by atoms with Crippen LogP contribution in [0.5, 0.6) is 0 Å². The molecule has 0 bridgehead atoms. The van der Waals surface area contributed by atoms with Crippen molar-refractivity contribution >= 4 is 67.8 Å². The first-order valence-corrected chi connectivity index (χ1v) is 16.3. The van der Waals surface area contributed by atoms with Crippen molar-refractivity contribution in [3.05, 3.63) is 43.3 Å². The van der Waals surface area contributed by atoms with Crippen LogP contribution >= 0.6 is 62.2 Å². The fourth-order valence-electron chi connectivity index (χ4n) is 2.71. The van der Waals surface area contributed by atoms with E-state index in [1.807, 2.05) is 22.6 Å². The minimum atomic E-state index is -2.65. The third-order valence-corrected chi connectivity index (χ3v) is 20.4. The van der Waals surface area contributed by atoms with Crippen molar-refractivity contribution in [2.75, 3.05) is 11.0 Å². The zero-order valence-electron chi connectivity index (χ0n) is 13.9. The number of hydrogen-bond acceptors (Lipinski definition) is 6. The Hall–Kier alpha value is 0.260. The van der Waals surface area contributed by atoms with Crippen molar-refractivity contribution in [1.82, 2.24) is 0 Å². The van der Waals surface area contributed by atoms with Gasteiger partial charge in [0.2, 0.25) is 0 Å². The monoisotopic (exact) mass is 718 g/mol. The topological polar surface area (TPSA) is 104 Å². The SMILES string of the molecule is O=C1C=CI([C@@H]2O[C@H](CO)C(O)C2O)C(=O)I1CCc1ccc(F)cc1I. The number of rotatable bonds is 5. The van der Waals surface area contributed by atoms with E-state index in [1.54, 1.807) is 10.1 Å². The van der Waals surface area contributed by atoms with Gasteiger partial charge in [0.05, 0.1) is 0 Å². The van der Waals surface area contributed by atoms with Crippen molar-refractivity contribution in [2.45, 2.75) is 28.8 Å². The summed E-state index contributed by atoms with van der Waals surface area (Å²) in [6.07, 6.45) is -1.41. The standard InChI is InChI=1S/C17H18FI3O6/c18-10-2-1-9(11(19)7-10)3-5-20-13(23)4-6-21(17(20)26)16-15(25)14(24)12(8-22)27-16/h1-2,4,6-7,12,14-16,22,24-25H,3,5,8H2/t12-,14?,15?,16-/m1/s1. The Morgan fingerprint density at radius 1 is 1.22 bits per heavy atom. The number of benzene rings is 1. The van der Waals surface area contributed by atoms with Crippen LogP contribution in [0.2, 0.25) is 0 Å². The number of aryl methyl sites for hydroxylation is 1. The molecule has 27 heavy (non-hydrogen) atoms. The Morgan fingerprint density at radius 2 is 1.96 bits per heavy atom. The number of aliphatic hydroxyl groups excluding tert-OH is 3. The second kappa shape index (κ2) is 9.38. The molecule has 2 aliphatic heterocycles. The van der Waals surface area contributed by atoms with Gasteiger partial charge in [0, 0.05) is 0 Å². The summed E-state index contributed by atoms with van der Waals surface area (Å²) in [5.41, 5.74) is 0.901. The van der Waals surface area contributed by atoms with Gasteiger partial charge in [0.15, 0.2) is 0 Å². The van der Waals surface area contributed by atoms with E-state index < -0.39 is 68.7 Å². The van der Waals surface area contributed by atoms with Crippen molar-refractivity contribution < 1.29 is 34.0 Å². The number of hydrogen-bond donors (Lipinski definition) is 3. The van der Waals surface area contributed by atoms with Crippen LogP contribution in [0.25, 0.3) is 0 Å². The van der Waals surface area contributed by atoms with Crippen LogP contribution in [-0.2, 0) is 16.0 Å². The summed E-state index contributed by atoms with van der Waals surface area (Å²) >= 11 is -3.26. The Labute approximate surface area is 183 Å². The van der Waals surface area contributed by atoms with Gasteiger partial charge in [-0.2, -0.15) is 0 Å². The molecule has 3 N–H and O–H groups in total. The second-order valence-electron chi connectivity index (χ2n) is 5.89. The van der Waals surface area contributed by atoms with Crippen molar-refractivity contribution in [3.63, 3.8) is 0 Å². The zero-order valence-corrected chi connectivity index (χ0v) is 20.4. The summed E-state index contributed by atoms with van der Waals surface area (Å²) < 4.78 is 20.6. The molecule has 0 aliphatic carbocycles. The number of carbonyl (C=O) groups excluding carboxylic acids is 2. The molecule has 1 aromatic rings. The Balaban J connectivity index is 1.73. The Bertz CT molecular complexity index is 773. The van der Waals surface area contributed by atoms with E-state index in [4.69, 9.17) is 4.74 Å². The van der Waals surface area contributed by atoms with Crippen molar-refractivity contribution in [2.24, 2.45) is 0 Å². The van der Waals surface area contributed by atoms with Gasteiger partial charge in [-0.15, -0.1) is 0 Å². The van der Waals surface area contributed by atoms with Gasteiger partial charge < -0.3 is 0 Å². The summed E-state index contributed by atoms with van der Waals surface area (Å²) in [4.78, 5) is 25.3. The summed E-state index contributed by atoms with van der Waals surface area (Å²) in [5.74, 6) is -0.326. The molecule has 2 heterocycles. The Kier molecular flexibility index (Phi) is 7.63. The number of alkyl halides is 2. The molecular formula is C17H18FI3O6. The predicted molar refractivity (Wildman–Crippen MR) is 123 cm³/mol. The first kappa shape index (κ1) is 22.0. The average molecular weight is 718 g/mol. The maximum atomic E-state index is 13.2. The molecule has 150 valence electrons. The Morgan fingerprint density at radius 3 is 2.59 bits per heavy atom. The molecule has 0 radical (unpaired) electrons. The number of aliphatic hydroxyl groups is 3. The van der Waals surface area contributed by atoms with Crippen LogP contribution in [0, 0.1) is 9.39 Å². The zero-order chi connectivity index (χ0) is 19.7. The molecule has 3 rings (SSSR count). The molecule has 1 aromatic carbocycles. The van der Waals surface area contributed by atoms with Crippen LogP contribution < -0.4 is 0 Å². The van der Waals surface area contributed by atoms with Crippen LogP contribution in [0.3, 0.4) is 0 Å². The average Bonchev–Trinajstić information content (AvgIpc) is 2.91. The van der Waals surface area contributed by atoms with Crippen LogP contribution in [0.15, 0.2) is 28.4 Å². The molecule has 6 nitrogen and oxygen atoms in total. The summed E-state index contributed by atoms with van der Waals surface area (Å²) in [7, 11) is 0. The summed E-state index contributed by atoms with van der Waals surface area (Å²) in [6, 6.07) is 4.45. The molecule has 2 unspecified atom stereocenters. The van der Waals surface area contributed by atoms with E-state index in [-0.39, 0.29) is 11.4 Å². The van der Waals surface area contributed by atoms with Crippen LogP contribution in [0.1, 0.15) is 5.56 Å². The first-order chi connectivity index (χ1) is 12.8. The normalized spacial score (nSPS) is 31.0. The van der Waals surface area contributed by atoms with Crippen molar-refractivity contribution in [1.29, 1.82) is 0 Å². The van der Waals surface area contributed by atoms with Crippen LogP contribution in [0.4, 0.5) is 9.18 Å². The summed E-state index contributed by atoms with van der Waals surface area (Å²) in [5, 5.41) is 29.4. The maximum absolute atomic E-state index is 13.2. The van der Waals surface area contributed by atoms with Gasteiger partial charge in [0.25, 0.3) is 0 Å². The van der Waals surface area contributed by atoms with Gasteiger partial charge >= 0.3 is 185 Å². The second-order valence-corrected chi connectivity index (χ2v) is 19.2. The number of ether oxygens (including phenoxy) is 1. The molecule has 1 saturated heterocycles.